The van der Waals surface area contributed by atoms with Crippen LogP contribution in [-0.4, -0.2) is 9.91 Å². The monoisotopic (exact) mass is 280 g/mol. The van der Waals surface area contributed by atoms with Crippen LogP contribution < -0.4 is 16.0 Å². The van der Waals surface area contributed by atoms with Gasteiger partial charge in [-0.2, -0.15) is 4.98 Å². The van der Waals surface area contributed by atoms with E-state index in [-0.39, 0.29) is 17.4 Å². The quantitative estimate of drug-likeness (QED) is 0.507. The summed E-state index contributed by atoms with van der Waals surface area (Å²) in [6, 6.07) is 8.92. The Morgan fingerprint density at radius 1 is 1.32 bits per heavy atom. The topological polar surface area (TPSA) is 103 Å². The van der Waals surface area contributed by atoms with Crippen molar-refractivity contribution in [2.24, 2.45) is 5.84 Å². The van der Waals surface area contributed by atoms with Crippen LogP contribution in [-0.2, 0) is 0 Å². The standard InChI is InChI=1S/C11H9ClN4O3/c12-7-1-3-9(4-2-7)19-11-6-8(16(17)18)5-10(14-11)15-13/h1-6H,13H2,(H,14,15). The van der Waals surface area contributed by atoms with Gasteiger partial charge in [0.05, 0.1) is 17.1 Å². The number of nitrogens with two attached hydrogens (primary N) is 1. The number of pyridine rings is 1. The number of nitrogens with one attached hydrogen (secondary N) is 1. The van der Waals surface area contributed by atoms with Gasteiger partial charge in [-0.15, -0.1) is 0 Å². The van der Waals surface area contributed by atoms with Gasteiger partial charge >= 0.3 is 0 Å². The minimum atomic E-state index is -0.558. The molecule has 1 aromatic heterocycles. The molecule has 0 unspecified atom stereocenters. The molecule has 2 rings (SSSR count). The van der Waals surface area contributed by atoms with E-state index in [9.17, 15) is 10.1 Å². The lowest BCUT2D eigenvalue weighted by Crippen LogP contribution is -2.09. The highest BCUT2D eigenvalue weighted by Gasteiger charge is 2.12. The second-order valence-electron chi connectivity index (χ2n) is 3.51. The molecule has 98 valence electrons. The van der Waals surface area contributed by atoms with Crippen LogP contribution in [0.1, 0.15) is 0 Å². The van der Waals surface area contributed by atoms with Crippen molar-refractivity contribution in [1.82, 2.24) is 4.98 Å². The van der Waals surface area contributed by atoms with Gasteiger partial charge < -0.3 is 10.2 Å². The Balaban J connectivity index is 2.31. The summed E-state index contributed by atoms with van der Waals surface area (Å²) in [6.07, 6.45) is 0. The summed E-state index contributed by atoms with van der Waals surface area (Å²) in [4.78, 5) is 14.2. The van der Waals surface area contributed by atoms with Crippen LogP contribution in [0.3, 0.4) is 0 Å². The van der Waals surface area contributed by atoms with Gasteiger partial charge in [-0.1, -0.05) is 11.6 Å². The number of aromatic nitrogens is 1. The van der Waals surface area contributed by atoms with Crippen LogP contribution in [0.4, 0.5) is 11.5 Å². The summed E-state index contributed by atoms with van der Waals surface area (Å²) in [5.74, 6) is 5.85. The number of nitrogens with zero attached hydrogens (tertiary/aromatic N) is 2. The molecule has 0 saturated heterocycles. The maximum Gasteiger partial charge on any atom is 0.278 e. The number of nitro groups is 1. The van der Waals surface area contributed by atoms with E-state index >= 15 is 0 Å². The van der Waals surface area contributed by atoms with Gasteiger partial charge in [-0.05, 0) is 24.3 Å². The fourth-order valence-electron chi connectivity index (χ4n) is 1.35. The lowest BCUT2D eigenvalue weighted by Gasteiger charge is -2.06. The molecule has 1 aromatic carbocycles. The number of rotatable bonds is 4. The van der Waals surface area contributed by atoms with Gasteiger partial charge in [-0.3, -0.25) is 10.1 Å². The first kappa shape index (κ1) is 13.1. The highest BCUT2D eigenvalue weighted by molar-refractivity contribution is 6.30. The van der Waals surface area contributed by atoms with Gasteiger partial charge in [0, 0.05) is 5.02 Å². The second-order valence-corrected chi connectivity index (χ2v) is 3.94. The maximum atomic E-state index is 10.8. The zero-order chi connectivity index (χ0) is 13.8. The molecular formula is C11H9ClN4O3. The van der Waals surface area contributed by atoms with E-state index in [4.69, 9.17) is 22.2 Å². The Kier molecular flexibility index (Phi) is 3.79. The molecule has 7 nitrogen and oxygen atoms in total. The van der Waals surface area contributed by atoms with Crippen molar-refractivity contribution in [2.75, 3.05) is 5.43 Å². The first-order chi connectivity index (χ1) is 9.08. The smallest absolute Gasteiger partial charge is 0.278 e. The average molecular weight is 281 g/mol. The first-order valence-electron chi connectivity index (χ1n) is 5.15. The van der Waals surface area contributed by atoms with Crippen LogP contribution in [0.15, 0.2) is 36.4 Å². The summed E-state index contributed by atoms with van der Waals surface area (Å²) in [5.41, 5.74) is 2.07. The molecule has 0 aliphatic carbocycles. The fraction of sp³-hybridized carbons (Fsp3) is 0. The summed E-state index contributed by atoms with van der Waals surface area (Å²) in [5, 5.41) is 11.3. The molecule has 19 heavy (non-hydrogen) atoms. The van der Waals surface area contributed by atoms with Crippen molar-refractivity contribution in [3.63, 3.8) is 0 Å². The summed E-state index contributed by atoms with van der Waals surface area (Å²) < 4.78 is 5.40. The molecular weight excluding hydrogens is 272 g/mol. The Hall–Kier alpha value is -2.38. The Labute approximate surface area is 113 Å². The van der Waals surface area contributed by atoms with Crippen LogP contribution in [0.25, 0.3) is 0 Å². The van der Waals surface area contributed by atoms with E-state index in [1.807, 2.05) is 0 Å². The van der Waals surface area contributed by atoms with Crippen molar-refractivity contribution >= 4 is 23.1 Å². The molecule has 0 radical (unpaired) electrons. The maximum absolute atomic E-state index is 10.8. The number of hydrazine groups is 1. The molecule has 0 spiro atoms. The fourth-order valence-corrected chi connectivity index (χ4v) is 1.47. The van der Waals surface area contributed by atoms with Crippen LogP contribution in [0.2, 0.25) is 5.02 Å². The van der Waals surface area contributed by atoms with Gasteiger partial charge in [0.2, 0.25) is 5.88 Å². The number of nitrogen functional groups attached to an aromatic ring is 1. The van der Waals surface area contributed by atoms with Gasteiger partial charge in [0.25, 0.3) is 5.69 Å². The number of hydrogen-bond acceptors (Lipinski definition) is 6. The van der Waals surface area contributed by atoms with Crippen molar-refractivity contribution in [2.45, 2.75) is 0 Å². The molecule has 0 amide bonds. The first-order valence-corrected chi connectivity index (χ1v) is 5.53. The summed E-state index contributed by atoms with van der Waals surface area (Å²) in [6.45, 7) is 0. The molecule has 1 heterocycles. The number of benzene rings is 1. The van der Waals surface area contributed by atoms with Crippen LogP contribution >= 0.6 is 11.6 Å². The van der Waals surface area contributed by atoms with Crippen molar-refractivity contribution in [3.05, 3.63) is 51.5 Å². The van der Waals surface area contributed by atoms with E-state index in [2.05, 4.69) is 10.4 Å². The van der Waals surface area contributed by atoms with E-state index in [1.54, 1.807) is 24.3 Å². The highest BCUT2D eigenvalue weighted by Crippen LogP contribution is 2.26. The average Bonchev–Trinajstić information content (AvgIpc) is 2.41. The number of halogens is 1. The van der Waals surface area contributed by atoms with E-state index in [1.165, 1.54) is 12.1 Å². The van der Waals surface area contributed by atoms with Crippen molar-refractivity contribution in [3.8, 4) is 11.6 Å². The molecule has 0 aliphatic rings. The predicted molar refractivity (Wildman–Crippen MR) is 70.2 cm³/mol. The van der Waals surface area contributed by atoms with E-state index < -0.39 is 4.92 Å². The summed E-state index contributed by atoms with van der Waals surface area (Å²) >= 11 is 5.74. The molecule has 3 N–H and O–H groups in total. The Morgan fingerprint density at radius 3 is 2.58 bits per heavy atom. The second kappa shape index (κ2) is 5.51. The summed E-state index contributed by atoms with van der Waals surface area (Å²) in [7, 11) is 0. The zero-order valence-electron chi connectivity index (χ0n) is 9.54. The van der Waals surface area contributed by atoms with E-state index in [0.29, 0.717) is 10.8 Å². The predicted octanol–water partition coefficient (Wildman–Crippen LogP) is 2.72. The zero-order valence-corrected chi connectivity index (χ0v) is 10.3. The molecule has 8 heteroatoms. The number of hydrogen-bond donors (Lipinski definition) is 2. The number of anilines is 1. The Morgan fingerprint density at radius 2 is 2.00 bits per heavy atom. The Bertz CT molecular complexity index is 603. The van der Waals surface area contributed by atoms with Gasteiger partial charge in [0.1, 0.15) is 5.75 Å². The lowest BCUT2D eigenvalue weighted by molar-refractivity contribution is -0.384. The third kappa shape index (κ3) is 3.30. The SMILES string of the molecule is NNc1cc([N+](=O)[O-])cc(Oc2ccc(Cl)cc2)n1. The van der Waals surface area contributed by atoms with Gasteiger partial charge in [-0.25, -0.2) is 5.84 Å². The lowest BCUT2D eigenvalue weighted by atomic mass is 10.3. The normalized spacial score (nSPS) is 10.0. The van der Waals surface area contributed by atoms with Crippen molar-refractivity contribution < 1.29 is 9.66 Å². The minimum Gasteiger partial charge on any atom is -0.439 e. The molecule has 0 fully saturated rings. The third-order valence-corrected chi connectivity index (χ3v) is 2.43. The van der Waals surface area contributed by atoms with Crippen molar-refractivity contribution in [1.29, 1.82) is 0 Å². The van der Waals surface area contributed by atoms with Crippen LogP contribution in [0.5, 0.6) is 11.6 Å². The minimum absolute atomic E-state index is 0.0597. The molecule has 0 bridgehead atoms. The van der Waals surface area contributed by atoms with Crippen LogP contribution in [0, 0.1) is 10.1 Å². The number of ether oxygens (including phenoxy) is 1. The molecule has 0 aliphatic heterocycles. The third-order valence-electron chi connectivity index (χ3n) is 2.18. The highest BCUT2D eigenvalue weighted by atomic mass is 35.5. The van der Waals surface area contributed by atoms with Gasteiger partial charge in [0.15, 0.2) is 5.82 Å². The molecule has 0 atom stereocenters. The largest absolute Gasteiger partial charge is 0.439 e. The molecule has 2 aromatic rings. The van der Waals surface area contributed by atoms with E-state index in [0.717, 1.165) is 0 Å². The molecule has 0 saturated carbocycles.